The summed E-state index contributed by atoms with van der Waals surface area (Å²) in [7, 11) is 0. The summed E-state index contributed by atoms with van der Waals surface area (Å²) in [5, 5.41) is 20.9. The summed E-state index contributed by atoms with van der Waals surface area (Å²) in [5.74, 6) is 5.40. The number of carbonyl (C=O) groups excluding carboxylic acids is 1. The van der Waals surface area contributed by atoms with E-state index in [-0.39, 0.29) is 18.2 Å². The zero-order chi connectivity index (χ0) is 13.5. The molecule has 0 bridgehead atoms. The number of anilines is 1. The van der Waals surface area contributed by atoms with Crippen LogP contribution in [0.25, 0.3) is 0 Å². The predicted molar refractivity (Wildman–Crippen MR) is 69.4 cm³/mol. The first-order chi connectivity index (χ1) is 9.29. The molecule has 0 atom stereocenters. The van der Waals surface area contributed by atoms with Gasteiger partial charge in [-0.2, -0.15) is 15.4 Å². The minimum Gasteiger partial charge on any atom is -0.395 e. The van der Waals surface area contributed by atoms with Gasteiger partial charge in [-0.25, -0.2) is 0 Å². The number of carbonyl (C=O) groups is 1. The van der Waals surface area contributed by atoms with Crippen molar-refractivity contribution < 1.29 is 9.90 Å². The molecule has 0 aliphatic heterocycles. The van der Waals surface area contributed by atoms with Gasteiger partial charge in [0.15, 0.2) is 5.69 Å². The summed E-state index contributed by atoms with van der Waals surface area (Å²) in [4.78, 5) is 11.7. The van der Waals surface area contributed by atoms with Crippen LogP contribution in [0.1, 0.15) is 22.5 Å². The number of hydrogen-bond donors (Lipinski definition) is 3. The molecule has 6 heteroatoms. The average Bonchev–Trinajstić information content (AvgIpc) is 2.95. The lowest BCUT2D eigenvalue weighted by Gasteiger charge is -2.02. The number of aromatic amines is 1. The Bertz CT molecular complexity index is 594. The summed E-state index contributed by atoms with van der Waals surface area (Å²) >= 11 is 0. The van der Waals surface area contributed by atoms with Crippen LogP contribution >= 0.6 is 0 Å². The molecule has 0 aliphatic rings. The quantitative estimate of drug-likeness (QED) is 0.708. The Labute approximate surface area is 109 Å². The van der Waals surface area contributed by atoms with Gasteiger partial charge in [-0.1, -0.05) is 11.8 Å². The maximum absolute atomic E-state index is 11.7. The molecule has 0 spiro atoms. The highest BCUT2D eigenvalue weighted by Gasteiger charge is 2.08. The van der Waals surface area contributed by atoms with Gasteiger partial charge < -0.3 is 10.4 Å². The average molecular weight is 256 g/mol. The SMILES string of the molecule is O=C(Nc1ccc(C#CCCO)cc1)c1cn[nH]n1. The molecule has 0 aliphatic carbocycles. The fourth-order valence-electron chi connectivity index (χ4n) is 1.36. The maximum Gasteiger partial charge on any atom is 0.277 e. The van der Waals surface area contributed by atoms with Crippen LogP contribution in [0.4, 0.5) is 5.69 Å². The summed E-state index contributed by atoms with van der Waals surface area (Å²) in [5.41, 5.74) is 1.71. The first-order valence-electron chi connectivity index (χ1n) is 5.66. The standard InChI is InChI=1S/C13H12N4O2/c18-8-2-1-3-10-4-6-11(7-5-10)15-13(19)12-9-14-17-16-12/h4-7,9,18H,2,8H2,(H,15,19)(H,14,16,17). The largest absolute Gasteiger partial charge is 0.395 e. The number of aromatic nitrogens is 3. The van der Waals surface area contributed by atoms with Crippen LogP contribution in [-0.2, 0) is 0 Å². The van der Waals surface area contributed by atoms with Gasteiger partial charge >= 0.3 is 0 Å². The van der Waals surface area contributed by atoms with E-state index in [1.807, 2.05) is 0 Å². The van der Waals surface area contributed by atoms with Crippen molar-refractivity contribution in [3.05, 3.63) is 41.7 Å². The Hall–Kier alpha value is -2.65. The molecule has 0 saturated heterocycles. The predicted octanol–water partition coefficient (Wildman–Crippen LogP) is 0.791. The van der Waals surface area contributed by atoms with Crippen molar-refractivity contribution in [2.24, 2.45) is 0 Å². The number of hydrogen-bond acceptors (Lipinski definition) is 4. The zero-order valence-corrected chi connectivity index (χ0v) is 10.1. The zero-order valence-electron chi connectivity index (χ0n) is 10.1. The van der Waals surface area contributed by atoms with E-state index in [0.717, 1.165) is 5.56 Å². The van der Waals surface area contributed by atoms with Crippen molar-refractivity contribution in [2.45, 2.75) is 6.42 Å². The highest BCUT2D eigenvalue weighted by atomic mass is 16.2. The molecule has 3 N–H and O–H groups in total. The van der Waals surface area contributed by atoms with Gasteiger partial charge in [-0.05, 0) is 24.3 Å². The molecule has 0 fully saturated rings. The van der Waals surface area contributed by atoms with Crippen LogP contribution in [0.3, 0.4) is 0 Å². The molecule has 1 aromatic heterocycles. The van der Waals surface area contributed by atoms with Crippen molar-refractivity contribution in [3.8, 4) is 11.8 Å². The topological polar surface area (TPSA) is 90.9 Å². The Morgan fingerprint density at radius 3 is 2.79 bits per heavy atom. The van der Waals surface area contributed by atoms with Crippen LogP contribution in [0.15, 0.2) is 30.5 Å². The van der Waals surface area contributed by atoms with E-state index < -0.39 is 0 Å². The van der Waals surface area contributed by atoms with Gasteiger partial charge in [0.1, 0.15) is 0 Å². The summed E-state index contributed by atoms with van der Waals surface area (Å²) < 4.78 is 0. The van der Waals surface area contributed by atoms with Crippen molar-refractivity contribution >= 4 is 11.6 Å². The van der Waals surface area contributed by atoms with Gasteiger partial charge in [-0.3, -0.25) is 4.79 Å². The van der Waals surface area contributed by atoms with E-state index in [4.69, 9.17) is 5.11 Å². The van der Waals surface area contributed by atoms with E-state index >= 15 is 0 Å². The third-order valence-corrected chi connectivity index (χ3v) is 2.26. The minimum atomic E-state index is -0.326. The molecule has 19 heavy (non-hydrogen) atoms. The lowest BCUT2D eigenvalue weighted by molar-refractivity contribution is 0.102. The van der Waals surface area contributed by atoms with E-state index in [1.54, 1.807) is 24.3 Å². The monoisotopic (exact) mass is 256 g/mol. The third-order valence-electron chi connectivity index (χ3n) is 2.26. The van der Waals surface area contributed by atoms with Crippen LogP contribution in [0, 0.1) is 11.8 Å². The molecule has 1 amide bonds. The first kappa shape index (κ1) is 12.8. The number of amides is 1. The second-order valence-corrected chi connectivity index (χ2v) is 3.66. The molecule has 1 heterocycles. The lowest BCUT2D eigenvalue weighted by atomic mass is 10.2. The van der Waals surface area contributed by atoms with Crippen molar-refractivity contribution in [3.63, 3.8) is 0 Å². The Morgan fingerprint density at radius 1 is 1.37 bits per heavy atom. The van der Waals surface area contributed by atoms with E-state index in [0.29, 0.717) is 12.1 Å². The molecule has 2 aromatic rings. The number of aliphatic hydroxyl groups excluding tert-OH is 1. The van der Waals surface area contributed by atoms with Crippen LogP contribution < -0.4 is 5.32 Å². The van der Waals surface area contributed by atoms with Gasteiger partial charge in [-0.15, -0.1) is 0 Å². The normalized spacial score (nSPS) is 9.53. The molecule has 96 valence electrons. The Kier molecular flexibility index (Phi) is 4.26. The third kappa shape index (κ3) is 3.66. The molecule has 0 unspecified atom stereocenters. The Morgan fingerprint density at radius 2 is 2.16 bits per heavy atom. The summed E-state index contributed by atoms with van der Waals surface area (Å²) in [6.07, 6.45) is 1.80. The van der Waals surface area contributed by atoms with Crippen molar-refractivity contribution in [1.29, 1.82) is 0 Å². The highest BCUT2D eigenvalue weighted by molar-refractivity contribution is 6.02. The summed E-state index contributed by atoms with van der Waals surface area (Å²) in [6.45, 7) is 0.0544. The molecule has 2 rings (SSSR count). The fourth-order valence-corrected chi connectivity index (χ4v) is 1.36. The molecule has 0 radical (unpaired) electrons. The van der Waals surface area contributed by atoms with Gasteiger partial charge in [0.2, 0.25) is 0 Å². The van der Waals surface area contributed by atoms with E-state index in [9.17, 15) is 4.79 Å². The van der Waals surface area contributed by atoms with Crippen LogP contribution in [0.5, 0.6) is 0 Å². The highest BCUT2D eigenvalue weighted by Crippen LogP contribution is 2.09. The van der Waals surface area contributed by atoms with Gasteiger partial charge in [0, 0.05) is 17.7 Å². The smallest absolute Gasteiger partial charge is 0.277 e. The molecule has 1 aromatic carbocycles. The number of benzene rings is 1. The molecular weight excluding hydrogens is 244 g/mol. The van der Waals surface area contributed by atoms with Crippen molar-refractivity contribution in [2.75, 3.05) is 11.9 Å². The second kappa shape index (κ2) is 6.33. The number of nitrogens with one attached hydrogen (secondary N) is 2. The second-order valence-electron chi connectivity index (χ2n) is 3.66. The van der Waals surface area contributed by atoms with E-state index in [2.05, 4.69) is 32.6 Å². The van der Waals surface area contributed by atoms with Crippen molar-refractivity contribution in [1.82, 2.24) is 15.4 Å². The number of aliphatic hydroxyl groups is 1. The lowest BCUT2D eigenvalue weighted by Crippen LogP contribution is -2.12. The van der Waals surface area contributed by atoms with E-state index in [1.165, 1.54) is 6.20 Å². The maximum atomic E-state index is 11.7. The summed E-state index contributed by atoms with van der Waals surface area (Å²) in [6, 6.07) is 7.09. The Balaban J connectivity index is 1.99. The molecule has 0 saturated carbocycles. The number of H-pyrrole nitrogens is 1. The fraction of sp³-hybridized carbons (Fsp3) is 0.154. The minimum absolute atomic E-state index is 0.0544. The first-order valence-corrected chi connectivity index (χ1v) is 5.66. The molecular formula is C13H12N4O2. The van der Waals surface area contributed by atoms with Gasteiger partial charge in [0.25, 0.3) is 5.91 Å². The number of rotatable bonds is 3. The van der Waals surface area contributed by atoms with Crippen LogP contribution in [-0.4, -0.2) is 33.0 Å². The van der Waals surface area contributed by atoms with Gasteiger partial charge in [0.05, 0.1) is 12.8 Å². The molecule has 6 nitrogen and oxygen atoms in total. The number of nitrogens with zero attached hydrogens (tertiary/aromatic N) is 2. The van der Waals surface area contributed by atoms with Crippen LogP contribution in [0.2, 0.25) is 0 Å².